The summed E-state index contributed by atoms with van der Waals surface area (Å²) < 4.78 is 28.4. The van der Waals surface area contributed by atoms with Crippen LogP contribution in [0.3, 0.4) is 0 Å². The lowest BCUT2D eigenvalue weighted by atomic mass is 10.1. The first-order valence-electron chi connectivity index (χ1n) is 11.9. The van der Waals surface area contributed by atoms with Crippen molar-refractivity contribution in [2.24, 2.45) is 0 Å². The SMILES string of the molecule is CC(C)NC(=O)[C@H](C)N(Cc1ccc(Cl)c(Cl)c1)C(=O)CN(c1cc(Cl)cc(Cl)c1)S(=O)(=O)c1ccccc1. The number of nitrogens with one attached hydrogen (secondary N) is 1. The molecule has 0 aliphatic heterocycles. The predicted molar refractivity (Wildman–Crippen MR) is 157 cm³/mol. The van der Waals surface area contributed by atoms with E-state index in [0.717, 1.165) is 4.31 Å². The lowest BCUT2D eigenvalue weighted by molar-refractivity contribution is -0.139. The molecule has 208 valence electrons. The number of carbonyl (C=O) groups is 2. The molecule has 0 fully saturated rings. The van der Waals surface area contributed by atoms with E-state index >= 15 is 0 Å². The quantitative estimate of drug-likeness (QED) is 0.279. The van der Waals surface area contributed by atoms with Crippen molar-refractivity contribution in [3.05, 3.63) is 92.4 Å². The highest BCUT2D eigenvalue weighted by molar-refractivity contribution is 7.92. The number of benzene rings is 3. The summed E-state index contributed by atoms with van der Waals surface area (Å²) >= 11 is 24.6. The van der Waals surface area contributed by atoms with Crippen LogP contribution in [-0.2, 0) is 26.2 Å². The van der Waals surface area contributed by atoms with E-state index in [-0.39, 0.29) is 38.2 Å². The summed E-state index contributed by atoms with van der Waals surface area (Å²) in [5.41, 5.74) is 0.698. The lowest BCUT2D eigenvalue weighted by Crippen LogP contribution is -2.52. The number of sulfonamides is 1. The minimum absolute atomic E-state index is 0.0298. The second kappa shape index (κ2) is 13.2. The van der Waals surface area contributed by atoms with Gasteiger partial charge in [-0.3, -0.25) is 13.9 Å². The Balaban J connectivity index is 2.06. The molecule has 0 radical (unpaired) electrons. The first kappa shape index (κ1) is 31.0. The molecule has 0 unspecified atom stereocenters. The van der Waals surface area contributed by atoms with Crippen LogP contribution in [0.4, 0.5) is 5.69 Å². The van der Waals surface area contributed by atoms with Gasteiger partial charge in [-0.2, -0.15) is 0 Å². The first-order chi connectivity index (χ1) is 18.3. The molecule has 12 heteroatoms. The van der Waals surface area contributed by atoms with Gasteiger partial charge in [0.2, 0.25) is 11.8 Å². The predicted octanol–water partition coefficient (Wildman–Crippen LogP) is 6.44. The van der Waals surface area contributed by atoms with Gasteiger partial charge in [0.25, 0.3) is 10.0 Å². The van der Waals surface area contributed by atoms with E-state index in [9.17, 15) is 18.0 Å². The van der Waals surface area contributed by atoms with Gasteiger partial charge in [-0.15, -0.1) is 0 Å². The van der Waals surface area contributed by atoms with Crippen molar-refractivity contribution in [3.63, 3.8) is 0 Å². The summed E-state index contributed by atoms with van der Waals surface area (Å²) in [6.07, 6.45) is 0. The zero-order chi connectivity index (χ0) is 28.9. The highest BCUT2D eigenvalue weighted by atomic mass is 35.5. The largest absolute Gasteiger partial charge is 0.352 e. The third kappa shape index (κ3) is 8.02. The van der Waals surface area contributed by atoms with Crippen molar-refractivity contribution in [1.82, 2.24) is 10.2 Å². The van der Waals surface area contributed by atoms with Crippen molar-refractivity contribution < 1.29 is 18.0 Å². The second-order valence-corrected chi connectivity index (χ2v) is 12.6. The third-order valence-electron chi connectivity index (χ3n) is 5.68. The van der Waals surface area contributed by atoms with Crippen molar-refractivity contribution in [2.45, 2.75) is 44.3 Å². The van der Waals surface area contributed by atoms with E-state index < -0.39 is 34.4 Å². The molecule has 0 aliphatic carbocycles. The van der Waals surface area contributed by atoms with Crippen LogP contribution in [-0.4, -0.2) is 43.8 Å². The molecule has 0 spiro atoms. The van der Waals surface area contributed by atoms with E-state index in [1.165, 1.54) is 35.2 Å². The number of carbonyl (C=O) groups excluding carboxylic acids is 2. The Kier molecular flexibility index (Phi) is 10.5. The Bertz CT molecular complexity index is 1430. The molecular weight excluding hydrogens is 604 g/mol. The molecular formula is C27H27Cl4N3O4S. The van der Waals surface area contributed by atoms with Gasteiger partial charge >= 0.3 is 0 Å². The summed E-state index contributed by atoms with van der Waals surface area (Å²) in [7, 11) is -4.24. The van der Waals surface area contributed by atoms with Crippen LogP contribution >= 0.6 is 46.4 Å². The van der Waals surface area contributed by atoms with Gasteiger partial charge in [0.05, 0.1) is 20.6 Å². The number of halogens is 4. The van der Waals surface area contributed by atoms with Gasteiger partial charge in [-0.05, 0) is 68.8 Å². The Hall–Kier alpha value is -2.49. The Labute approximate surface area is 248 Å². The molecule has 39 heavy (non-hydrogen) atoms. The maximum absolute atomic E-state index is 13.9. The molecule has 0 heterocycles. The van der Waals surface area contributed by atoms with Gasteiger partial charge in [-0.1, -0.05) is 70.7 Å². The minimum Gasteiger partial charge on any atom is -0.352 e. The maximum Gasteiger partial charge on any atom is 0.264 e. The van der Waals surface area contributed by atoms with Crippen molar-refractivity contribution in [3.8, 4) is 0 Å². The summed E-state index contributed by atoms with van der Waals surface area (Å²) in [6.45, 7) is 4.51. The zero-order valence-electron chi connectivity index (χ0n) is 21.4. The van der Waals surface area contributed by atoms with E-state index in [2.05, 4.69) is 5.32 Å². The van der Waals surface area contributed by atoms with Crippen LogP contribution in [0, 0.1) is 0 Å². The number of anilines is 1. The average Bonchev–Trinajstić information content (AvgIpc) is 2.86. The molecule has 3 rings (SSSR count). The van der Waals surface area contributed by atoms with E-state index in [4.69, 9.17) is 46.4 Å². The van der Waals surface area contributed by atoms with E-state index in [1.54, 1.807) is 57.2 Å². The lowest BCUT2D eigenvalue weighted by Gasteiger charge is -2.32. The molecule has 0 saturated carbocycles. The van der Waals surface area contributed by atoms with Crippen LogP contribution in [0.25, 0.3) is 0 Å². The van der Waals surface area contributed by atoms with Gasteiger partial charge in [0.1, 0.15) is 12.6 Å². The van der Waals surface area contributed by atoms with Gasteiger partial charge in [0, 0.05) is 22.6 Å². The Morgan fingerprint density at radius 2 is 1.46 bits per heavy atom. The topological polar surface area (TPSA) is 86.8 Å². The first-order valence-corrected chi connectivity index (χ1v) is 14.8. The fourth-order valence-electron chi connectivity index (χ4n) is 3.75. The van der Waals surface area contributed by atoms with Crippen molar-refractivity contribution >= 4 is 73.9 Å². The van der Waals surface area contributed by atoms with E-state index in [0.29, 0.717) is 10.6 Å². The standard InChI is InChI=1S/C27H27Cl4N3O4S/c1-17(2)32-27(36)18(3)33(15-19-9-10-24(30)25(31)11-19)26(35)16-34(22-13-20(28)12-21(29)14-22)39(37,38)23-7-5-4-6-8-23/h4-14,17-18H,15-16H2,1-3H3,(H,32,36)/t18-/m0/s1. The fourth-order valence-corrected chi connectivity index (χ4v) is 6.01. The molecule has 0 aliphatic rings. The van der Waals surface area contributed by atoms with E-state index in [1.807, 2.05) is 0 Å². The number of amides is 2. The van der Waals surface area contributed by atoms with Gasteiger partial charge in [-0.25, -0.2) is 8.42 Å². The second-order valence-electron chi connectivity index (χ2n) is 9.06. The molecule has 3 aromatic rings. The summed E-state index contributed by atoms with van der Waals surface area (Å²) in [5.74, 6) is -1.04. The molecule has 0 bridgehead atoms. The zero-order valence-corrected chi connectivity index (χ0v) is 25.2. The summed E-state index contributed by atoms with van der Waals surface area (Å²) in [6, 6.07) is 15.7. The molecule has 3 aromatic carbocycles. The Morgan fingerprint density at radius 3 is 2.03 bits per heavy atom. The van der Waals surface area contributed by atoms with Crippen LogP contribution in [0.2, 0.25) is 20.1 Å². The monoisotopic (exact) mass is 629 g/mol. The third-order valence-corrected chi connectivity index (χ3v) is 8.64. The van der Waals surface area contributed by atoms with Crippen LogP contribution in [0.15, 0.2) is 71.6 Å². The molecule has 0 saturated heterocycles. The Morgan fingerprint density at radius 1 is 0.846 bits per heavy atom. The number of hydrogen-bond acceptors (Lipinski definition) is 4. The van der Waals surface area contributed by atoms with Gasteiger partial charge in [0.15, 0.2) is 0 Å². The molecule has 7 nitrogen and oxygen atoms in total. The molecule has 1 atom stereocenters. The normalized spacial score (nSPS) is 12.2. The maximum atomic E-state index is 13.9. The number of nitrogens with zero attached hydrogens (tertiary/aromatic N) is 2. The highest BCUT2D eigenvalue weighted by Crippen LogP contribution is 2.30. The minimum atomic E-state index is -4.24. The fraction of sp³-hybridized carbons (Fsp3) is 0.259. The smallest absolute Gasteiger partial charge is 0.264 e. The number of rotatable bonds is 10. The summed E-state index contributed by atoms with van der Waals surface area (Å²) in [5, 5.41) is 3.79. The molecule has 2 amide bonds. The van der Waals surface area contributed by atoms with Gasteiger partial charge < -0.3 is 10.2 Å². The van der Waals surface area contributed by atoms with Crippen molar-refractivity contribution in [1.29, 1.82) is 0 Å². The van der Waals surface area contributed by atoms with Crippen LogP contribution in [0.1, 0.15) is 26.3 Å². The number of hydrogen-bond donors (Lipinski definition) is 1. The molecule has 0 aromatic heterocycles. The van der Waals surface area contributed by atoms with Crippen molar-refractivity contribution in [2.75, 3.05) is 10.8 Å². The average molecular weight is 631 g/mol. The summed E-state index contributed by atoms with van der Waals surface area (Å²) in [4.78, 5) is 28.1. The molecule has 1 N–H and O–H groups in total. The van der Waals surface area contributed by atoms with Crippen LogP contribution < -0.4 is 9.62 Å². The van der Waals surface area contributed by atoms with Crippen LogP contribution in [0.5, 0.6) is 0 Å². The highest BCUT2D eigenvalue weighted by Gasteiger charge is 2.33.